The zero-order valence-corrected chi connectivity index (χ0v) is 16.6. The Morgan fingerprint density at radius 1 is 1.18 bits per heavy atom. The average Bonchev–Trinajstić information content (AvgIpc) is 2.66. The molecule has 0 aromatic heterocycles. The van der Waals surface area contributed by atoms with E-state index in [1.54, 1.807) is 6.08 Å². The maximum atomic E-state index is 11.4. The van der Waals surface area contributed by atoms with Gasteiger partial charge in [0.15, 0.2) is 6.29 Å². The summed E-state index contributed by atoms with van der Waals surface area (Å²) in [4.78, 5) is 11.4. The topological polar surface area (TPSA) is 149 Å². The van der Waals surface area contributed by atoms with Gasteiger partial charge in [0.25, 0.3) is 0 Å². The molecule has 164 valence electrons. The molecule has 7 unspecified atom stereocenters. The van der Waals surface area contributed by atoms with Crippen LogP contribution in [-0.2, 0) is 14.3 Å². The molecule has 1 heterocycles. The molecule has 0 bridgehead atoms. The van der Waals surface area contributed by atoms with Crippen LogP contribution in [0.4, 0.5) is 0 Å². The first-order valence-electron chi connectivity index (χ1n) is 9.85. The molecular weight excluding hydrogens is 370 g/mol. The van der Waals surface area contributed by atoms with Crippen LogP contribution in [0.15, 0.2) is 12.2 Å². The van der Waals surface area contributed by atoms with E-state index in [1.807, 2.05) is 6.08 Å². The summed E-state index contributed by atoms with van der Waals surface area (Å²) in [6.45, 7) is 2.67. The number of nitrogens with one attached hydrogen (secondary N) is 1. The quantitative estimate of drug-likeness (QED) is 0.182. The van der Waals surface area contributed by atoms with Crippen molar-refractivity contribution in [1.82, 2.24) is 5.32 Å². The molecule has 28 heavy (non-hydrogen) atoms. The molecule has 0 aromatic rings. The lowest BCUT2D eigenvalue weighted by atomic mass is 9.99. The van der Waals surface area contributed by atoms with Gasteiger partial charge in [-0.1, -0.05) is 38.3 Å². The van der Waals surface area contributed by atoms with Gasteiger partial charge in [-0.05, 0) is 12.8 Å². The summed E-state index contributed by atoms with van der Waals surface area (Å²) in [6, 6.07) is -0.795. The summed E-state index contributed by atoms with van der Waals surface area (Å²) in [5.74, 6) is -0.363. The minimum atomic E-state index is -1.55. The smallest absolute Gasteiger partial charge is 0.217 e. The molecular formula is C19H35NO8. The van der Waals surface area contributed by atoms with Gasteiger partial charge in [-0.15, -0.1) is 0 Å². The van der Waals surface area contributed by atoms with Crippen LogP contribution in [0, 0.1) is 0 Å². The van der Waals surface area contributed by atoms with Gasteiger partial charge in [0, 0.05) is 6.92 Å². The van der Waals surface area contributed by atoms with E-state index < -0.39 is 49.5 Å². The van der Waals surface area contributed by atoms with Crippen molar-refractivity contribution in [3.05, 3.63) is 12.2 Å². The van der Waals surface area contributed by atoms with Crippen LogP contribution in [0.25, 0.3) is 0 Å². The van der Waals surface area contributed by atoms with Crippen LogP contribution >= 0.6 is 0 Å². The van der Waals surface area contributed by atoms with Gasteiger partial charge < -0.3 is 40.3 Å². The highest BCUT2D eigenvalue weighted by Gasteiger charge is 2.44. The third-order valence-electron chi connectivity index (χ3n) is 4.65. The third-order valence-corrected chi connectivity index (χ3v) is 4.65. The van der Waals surface area contributed by atoms with E-state index in [0.29, 0.717) is 0 Å². The molecule has 1 aliphatic heterocycles. The monoisotopic (exact) mass is 405 g/mol. The molecule has 0 radical (unpaired) electrons. The molecule has 6 N–H and O–H groups in total. The second-order valence-corrected chi connectivity index (χ2v) is 7.11. The Kier molecular flexibility index (Phi) is 11.8. The second-order valence-electron chi connectivity index (χ2n) is 7.11. The molecule has 9 nitrogen and oxygen atoms in total. The van der Waals surface area contributed by atoms with Crippen molar-refractivity contribution < 1.29 is 39.8 Å². The number of aliphatic hydroxyl groups excluding tert-OH is 5. The van der Waals surface area contributed by atoms with Crippen LogP contribution in [0.5, 0.6) is 0 Å². The molecule has 1 rings (SSSR count). The highest BCUT2D eigenvalue weighted by atomic mass is 16.7. The number of ether oxygens (including phenoxy) is 2. The maximum Gasteiger partial charge on any atom is 0.217 e. The Bertz CT molecular complexity index is 473. The van der Waals surface area contributed by atoms with Crippen LogP contribution in [-0.4, -0.2) is 87.5 Å². The molecule has 0 aromatic carbocycles. The van der Waals surface area contributed by atoms with E-state index >= 15 is 0 Å². The summed E-state index contributed by atoms with van der Waals surface area (Å²) in [7, 11) is 0. The lowest BCUT2D eigenvalue weighted by Crippen LogP contribution is -2.60. The van der Waals surface area contributed by atoms with Gasteiger partial charge in [-0.25, -0.2) is 0 Å². The van der Waals surface area contributed by atoms with Gasteiger partial charge in [0.2, 0.25) is 5.91 Å². The highest BCUT2D eigenvalue weighted by Crippen LogP contribution is 2.22. The average molecular weight is 405 g/mol. The van der Waals surface area contributed by atoms with Crippen LogP contribution in [0.1, 0.15) is 46.0 Å². The summed E-state index contributed by atoms with van der Waals surface area (Å²) < 4.78 is 10.7. The first kappa shape index (κ1) is 25.0. The van der Waals surface area contributed by atoms with E-state index in [0.717, 1.165) is 32.1 Å². The number of allylic oxidation sites excluding steroid dienone is 1. The largest absolute Gasteiger partial charge is 0.394 e. The fourth-order valence-electron chi connectivity index (χ4n) is 2.95. The Hall–Kier alpha value is -1.07. The standard InChI is InChI=1S/C19H35NO8/c1-3-4-5-6-7-8-9-14(23)13(20-12(2)22)11-27-19-18(26)17(25)16(24)15(10-21)28-19/h8-9,13-19,21,23-26H,3-7,10-11H2,1-2H3,(H,20,22)/b9-8+. The van der Waals surface area contributed by atoms with Crippen LogP contribution < -0.4 is 5.32 Å². The number of unbranched alkanes of at least 4 members (excludes halogenated alkanes) is 4. The normalized spacial score (nSPS) is 30.3. The predicted molar refractivity (Wildman–Crippen MR) is 101 cm³/mol. The van der Waals surface area contributed by atoms with E-state index in [-0.39, 0.29) is 12.5 Å². The third kappa shape index (κ3) is 8.12. The van der Waals surface area contributed by atoms with E-state index in [2.05, 4.69) is 12.2 Å². The number of amides is 1. The van der Waals surface area contributed by atoms with Gasteiger partial charge in [0.1, 0.15) is 24.4 Å². The number of hydrogen-bond acceptors (Lipinski definition) is 8. The van der Waals surface area contributed by atoms with Crippen molar-refractivity contribution >= 4 is 5.91 Å². The van der Waals surface area contributed by atoms with Crippen molar-refractivity contribution in [2.24, 2.45) is 0 Å². The van der Waals surface area contributed by atoms with Gasteiger partial charge in [-0.2, -0.15) is 0 Å². The van der Waals surface area contributed by atoms with Crippen molar-refractivity contribution in [3.63, 3.8) is 0 Å². The summed E-state index contributed by atoms with van der Waals surface area (Å²) >= 11 is 0. The van der Waals surface area contributed by atoms with Crippen molar-refractivity contribution in [2.75, 3.05) is 13.2 Å². The fourth-order valence-corrected chi connectivity index (χ4v) is 2.95. The van der Waals surface area contributed by atoms with E-state index in [1.165, 1.54) is 6.92 Å². The highest BCUT2D eigenvalue weighted by molar-refractivity contribution is 5.73. The van der Waals surface area contributed by atoms with Gasteiger partial charge >= 0.3 is 0 Å². The predicted octanol–water partition coefficient (Wildman–Crippen LogP) is -0.805. The van der Waals surface area contributed by atoms with Crippen molar-refractivity contribution in [2.45, 2.75) is 88.8 Å². The molecule has 1 amide bonds. The SMILES string of the molecule is CCCCCC/C=C/C(O)C(COC1OC(CO)C(O)C(O)C1O)NC(C)=O. The number of rotatable bonds is 12. The van der Waals surface area contributed by atoms with Crippen molar-refractivity contribution in [3.8, 4) is 0 Å². The van der Waals surface area contributed by atoms with Gasteiger partial charge in [-0.3, -0.25) is 4.79 Å². The van der Waals surface area contributed by atoms with Crippen LogP contribution in [0.3, 0.4) is 0 Å². The molecule has 1 fully saturated rings. The van der Waals surface area contributed by atoms with E-state index in [9.17, 15) is 30.3 Å². The molecule has 9 heteroatoms. The second kappa shape index (κ2) is 13.2. The van der Waals surface area contributed by atoms with Crippen LogP contribution in [0.2, 0.25) is 0 Å². The summed E-state index contributed by atoms with van der Waals surface area (Å²) in [5.41, 5.74) is 0. The minimum Gasteiger partial charge on any atom is -0.394 e. The number of carbonyl (C=O) groups is 1. The Morgan fingerprint density at radius 3 is 2.50 bits per heavy atom. The fraction of sp³-hybridized carbons (Fsp3) is 0.842. The number of aliphatic hydroxyl groups is 5. The molecule has 1 saturated heterocycles. The zero-order chi connectivity index (χ0) is 21.1. The zero-order valence-electron chi connectivity index (χ0n) is 16.6. The molecule has 7 atom stereocenters. The summed E-state index contributed by atoms with van der Waals surface area (Å²) in [6.07, 6.45) is 0.702. The number of hydrogen-bond donors (Lipinski definition) is 6. The molecule has 1 aliphatic rings. The Balaban J connectivity index is 2.60. The van der Waals surface area contributed by atoms with Crippen molar-refractivity contribution in [1.29, 1.82) is 0 Å². The number of carbonyl (C=O) groups excluding carboxylic acids is 1. The Morgan fingerprint density at radius 2 is 1.89 bits per heavy atom. The first-order valence-corrected chi connectivity index (χ1v) is 9.85. The lowest BCUT2D eigenvalue weighted by molar-refractivity contribution is -0.302. The maximum absolute atomic E-state index is 11.4. The molecule has 0 spiro atoms. The lowest BCUT2D eigenvalue weighted by Gasteiger charge is -2.40. The van der Waals surface area contributed by atoms with Gasteiger partial charge in [0.05, 0.1) is 25.4 Å². The Labute approximate surface area is 166 Å². The summed E-state index contributed by atoms with van der Waals surface area (Å²) in [5, 5.41) is 51.7. The minimum absolute atomic E-state index is 0.205. The van der Waals surface area contributed by atoms with E-state index in [4.69, 9.17) is 9.47 Å². The molecule has 0 aliphatic carbocycles. The first-order chi connectivity index (χ1) is 13.3. The molecule has 0 saturated carbocycles.